The van der Waals surface area contributed by atoms with Crippen LogP contribution in [0.5, 0.6) is 0 Å². The number of unbranched alkanes of at least 4 members (excludes halogenated alkanes) is 53. The van der Waals surface area contributed by atoms with Crippen LogP contribution in [0.3, 0.4) is 0 Å². The third kappa shape index (κ3) is 67.2. The number of rotatable bonds is 70. The molecule has 0 spiro atoms. The Balaban J connectivity index is 3.37. The number of hydrogen-bond acceptors (Lipinski definition) is 5. The van der Waals surface area contributed by atoms with Crippen LogP contribution in [0.1, 0.15) is 412 Å². The van der Waals surface area contributed by atoms with Crippen molar-refractivity contribution in [2.45, 2.75) is 424 Å². The molecule has 2 atom stereocenters. The molecule has 82 heavy (non-hydrogen) atoms. The second-order valence-corrected chi connectivity index (χ2v) is 25.6. The predicted octanol–water partition coefficient (Wildman–Crippen LogP) is 24.3. The minimum absolute atomic E-state index is 0.00702. The smallest absolute Gasteiger partial charge is 0.305 e. The van der Waals surface area contributed by atoms with E-state index in [-0.39, 0.29) is 18.5 Å². The molecule has 0 aliphatic heterocycles. The van der Waals surface area contributed by atoms with Crippen molar-refractivity contribution in [1.29, 1.82) is 0 Å². The van der Waals surface area contributed by atoms with Crippen molar-refractivity contribution < 1.29 is 24.5 Å². The molecule has 0 aliphatic carbocycles. The van der Waals surface area contributed by atoms with Crippen LogP contribution in [0.2, 0.25) is 0 Å². The molecule has 0 aliphatic rings. The fourth-order valence-corrected chi connectivity index (χ4v) is 11.7. The first-order valence-electron chi connectivity index (χ1n) is 37.2. The summed E-state index contributed by atoms with van der Waals surface area (Å²) in [6.45, 7) is 4.96. The summed E-state index contributed by atoms with van der Waals surface area (Å²) in [5.41, 5.74) is 0. The molecule has 484 valence electrons. The summed E-state index contributed by atoms with van der Waals surface area (Å²) in [4.78, 5) is 24.6. The summed E-state index contributed by atoms with van der Waals surface area (Å²) < 4.78 is 5.47. The van der Waals surface area contributed by atoms with Gasteiger partial charge in [0.2, 0.25) is 5.91 Å². The van der Waals surface area contributed by atoms with Crippen molar-refractivity contribution in [3.63, 3.8) is 0 Å². The fourth-order valence-electron chi connectivity index (χ4n) is 11.7. The van der Waals surface area contributed by atoms with E-state index in [4.69, 9.17) is 4.74 Å². The van der Waals surface area contributed by atoms with Gasteiger partial charge in [0.1, 0.15) is 0 Å². The first-order valence-corrected chi connectivity index (χ1v) is 37.2. The molecule has 6 heteroatoms. The molecule has 0 aromatic carbocycles. The van der Waals surface area contributed by atoms with Gasteiger partial charge >= 0.3 is 5.97 Å². The fraction of sp³-hybridized carbons (Fsp3) is 0.895. The van der Waals surface area contributed by atoms with E-state index in [2.05, 4.69) is 55.6 Å². The Morgan fingerprint density at radius 1 is 0.341 bits per heavy atom. The number of aliphatic hydroxyl groups excluding tert-OH is 2. The molecule has 3 N–H and O–H groups in total. The van der Waals surface area contributed by atoms with Crippen LogP contribution in [0.4, 0.5) is 0 Å². The maximum absolute atomic E-state index is 12.5. The van der Waals surface area contributed by atoms with E-state index in [0.717, 1.165) is 51.4 Å². The van der Waals surface area contributed by atoms with Crippen LogP contribution in [0.15, 0.2) is 36.5 Å². The van der Waals surface area contributed by atoms with Gasteiger partial charge in [0.05, 0.1) is 25.4 Å². The lowest BCUT2D eigenvalue weighted by molar-refractivity contribution is -0.143. The van der Waals surface area contributed by atoms with E-state index >= 15 is 0 Å². The highest BCUT2D eigenvalue weighted by atomic mass is 16.5. The van der Waals surface area contributed by atoms with Gasteiger partial charge in [-0.2, -0.15) is 0 Å². The SMILES string of the molecule is CCCCC/C=C\CCCCCCCC(=O)OCCCCCCCCCCCCC/C=C\C/C=C\CCCCCCCCCCCCCCCCCCCC(=O)NC(CO)C(O)CCCCCCCCCCCCCCCCCCCC. The molecule has 0 aromatic rings. The first-order chi connectivity index (χ1) is 40.5. The number of esters is 1. The highest BCUT2D eigenvalue weighted by Gasteiger charge is 2.20. The van der Waals surface area contributed by atoms with Gasteiger partial charge in [-0.05, 0) is 83.5 Å². The Bertz CT molecular complexity index is 1330. The Morgan fingerprint density at radius 3 is 0.963 bits per heavy atom. The standard InChI is InChI=1S/C76H145NO5/c1-3-5-7-9-11-13-15-17-18-19-39-42-45-48-52-56-60-64-68-74(79)73(72-78)77-75(80)69-65-61-57-53-49-46-43-40-37-35-33-31-29-27-25-23-21-20-22-24-26-28-30-32-34-36-38-41-44-47-51-55-59-63-67-71-82-76(81)70-66-62-58-54-50-16-14-12-10-8-6-4-2/h12,14,22,24,28,30,73-74,78-79H,3-11,13,15-21,23,25-27,29,31-72H2,1-2H3,(H,77,80)/b14-12-,24-22-,30-28-. The van der Waals surface area contributed by atoms with E-state index in [1.807, 2.05) is 0 Å². The molecule has 0 aromatic heterocycles. The molecule has 0 heterocycles. The van der Waals surface area contributed by atoms with Crippen molar-refractivity contribution in [2.24, 2.45) is 0 Å². The van der Waals surface area contributed by atoms with Crippen molar-refractivity contribution in [3.05, 3.63) is 36.5 Å². The van der Waals surface area contributed by atoms with Crippen LogP contribution >= 0.6 is 0 Å². The Kier molecular flexibility index (Phi) is 69.9. The summed E-state index contributed by atoms with van der Waals surface area (Å²) in [5.74, 6) is -0.0217. The van der Waals surface area contributed by atoms with Crippen LogP contribution in [0, 0.1) is 0 Å². The quantitative estimate of drug-likeness (QED) is 0.0320. The average Bonchev–Trinajstić information content (AvgIpc) is 3.48. The van der Waals surface area contributed by atoms with Crippen molar-refractivity contribution in [2.75, 3.05) is 13.2 Å². The third-order valence-electron chi connectivity index (χ3n) is 17.4. The molecule has 0 radical (unpaired) electrons. The van der Waals surface area contributed by atoms with Crippen molar-refractivity contribution >= 4 is 11.9 Å². The number of amides is 1. The lowest BCUT2D eigenvalue weighted by Crippen LogP contribution is -2.45. The van der Waals surface area contributed by atoms with E-state index in [9.17, 15) is 19.8 Å². The topological polar surface area (TPSA) is 95.9 Å². The molecular formula is C76H145NO5. The van der Waals surface area contributed by atoms with E-state index in [1.54, 1.807) is 0 Å². The van der Waals surface area contributed by atoms with Gasteiger partial charge in [-0.25, -0.2) is 0 Å². The summed E-state index contributed by atoms with van der Waals surface area (Å²) in [7, 11) is 0. The minimum atomic E-state index is -0.663. The summed E-state index contributed by atoms with van der Waals surface area (Å²) in [6.07, 6.45) is 92.2. The zero-order valence-electron chi connectivity index (χ0n) is 55.5. The van der Waals surface area contributed by atoms with E-state index in [1.165, 1.54) is 327 Å². The van der Waals surface area contributed by atoms with Gasteiger partial charge in [0.25, 0.3) is 0 Å². The van der Waals surface area contributed by atoms with Crippen molar-refractivity contribution in [3.8, 4) is 0 Å². The molecule has 0 fully saturated rings. The maximum Gasteiger partial charge on any atom is 0.305 e. The Hall–Kier alpha value is -1.92. The number of aliphatic hydroxyl groups is 2. The lowest BCUT2D eigenvalue weighted by Gasteiger charge is -2.22. The van der Waals surface area contributed by atoms with Gasteiger partial charge < -0.3 is 20.3 Å². The Morgan fingerprint density at radius 2 is 0.610 bits per heavy atom. The molecular weight excluding hydrogens is 1010 g/mol. The van der Waals surface area contributed by atoms with E-state index < -0.39 is 12.1 Å². The second-order valence-electron chi connectivity index (χ2n) is 25.6. The molecule has 0 rings (SSSR count). The van der Waals surface area contributed by atoms with Crippen LogP contribution in [-0.4, -0.2) is 47.4 Å². The number of carbonyl (C=O) groups is 2. The predicted molar refractivity (Wildman–Crippen MR) is 361 cm³/mol. The van der Waals surface area contributed by atoms with Gasteiger partial charge in [-0.1, -0.05) is 352 Å². The largest absolute Gasteiger partial charge is 0.466 e. The number of carbonyl (C=O) groups excluding carboxylic acids is 2. The summed E-state index contributed by atoms with van der Waals surface area (Å²) >= 11 is 0. The molecule has 2 unspecified atom stereocenters. The molecule has 6 nitrogen and oxygen atoms in total. The zero-order valence-corrected chi connectivity index (χ0v) is 55.5. The van der Waals surface area contributed by atoms with Crippen molar-refractivity contribution in [1.82, 2.24) is 5.32 Å². The van der Waals surface area contributed by atoms with Crippen LogP contribution < -0.4 is 5.32 Å². The van der Waals surface area contributed by atoms with Gasteiger partial charge in [-0.3, -0.25) is 9.59 Å². The molecule has 0 saturated heterocycles. The number of ether oxygens (including phenoxy) is 1. The minimum Gasteiger partial charge on any atom is -0.466 e. The first kappa shape index (κ1) is 80.1. The molecule has 1 amide bonds. The summed E-state index contributed by atoms with van der Waals surface area (Å²) in [6, 6.07) is -0.540. The van der Waals surface area contributed by atoms with Crippen LogP contribution in [-0.2, 0) is 14.3 Å². The highest BCUT2D eigenvalue weighted by molar-refractivity contribution is 5.76. The normalized spacial score (nSPS) is 12.7. The summed E-state index contributed by atoms with van der Waals surface area (Å²) in [5, 5.41) is 23.4. The number of allylic oxidation sites excluding steroid dienone is 6. The zero-order chi connectivity index (χ0) is 59.2. The lowest BCUT2D eigenvalue weighted by atomic mass is 10.0. The monoisotopic (exact) mass is 1150 g/mol. The Labute approximate surface area is 513 Å². The van der Waals surface area contributed by atoms with Crippen LogP contribution in [0.25, 0.3) is 0 Å². The molecule has 0 saturated carbocycles. The number of hydrogen-bond donors (Lipinski definition) is 3. The second kappa shape index (κ2) is 71.6. The van der Waals surface area contributed by atoms with Gasteiger partial charge in [0.15, 0.2) is 0 Å². The average molecular weight is 1150 g/mol. The third-order valence-corrected chi connectivity index (χ3v) is 17.4. The van der Waals surface area contributed by atoms with Gasteiger partial charge in [-0.15, -0.1) is 0 Å². The molecule has 0 bridgehead atoms. The maximum atomic E-state index is 12.5. The highest BCUT2D eigenvalue weighted by Crippen LogP contribution is 2.19. The number of nitrogens with one attached hydrogen (secondary N) is 1. The van der Waals surface area contributed by atoms with Gasteiger partial charge in [0, 0.05) is 12.8 Å². The van der Waals surface area contributed by atoms with E-state index in [0.29, 0.717) is 25.9 Å².